The van der Waals surface area contributed by atoms with E-state index in [1.54, 1.807) is 13.2 Å². The highest BCUT2D eigenvalue weighted by Gasteiger charge is 2.28. The Hall–Kier alpha value is -1.17. The van der Waals surface area contributed by atoms with Crippen molar-refractivity contribution < 1.29 is 9.50 Å². The van der Waals surface area contributed by atoms with E-state index in [1.165, 1.54) is 17.7 Å². The summed E-state index contributed by atoms with van der Waals surface area (Å²) in [7, 11) is 1.72. The fourth-order valence-electron chi connectivity index (χ4n) is 1.86. The third-order valence-electron chi connectivity index (χ3n) is 2.77. The van der Waals surface area contributed by atoms with Crippen LogP contribution in [0.2, 0.25) is 10.0 Å². The van der Waals surface area contributed by atoms with E-state index in [9.17, 15) is 9.50 Å². The lowest BCUT2D eigenvalue weighted by Crippen LogP contribution is -2.25. The molecule has 0 bridgehead atoms. The maximum absolute atomic E-state index is 13.5. The summed E-state index contributed by atoms with van der Waals surface area (Å²) in [4.78, 5) is 0. The summed E-state index contributed by atoms with van der Waals surface area (Å²) in [6.07, 6.45) is 1.84. The monoisotopic (exact) mass is 303 g/mol. The Labute approximate surface area is 119 Å². The van der Waals surface area contributed by atoms with Gasteiger partial charge < -0.3 is 5.11 Å². The molecule has 0 spiro atoms. The predicted octanol–water partition coefficient (Wildman–Crippen LogP) is 2.71. The molecule has 4 nitrogen and oxygen atoms in total. The molecular formula is C12H12Cl2FN3O. The predicted molar refractivity (Wildman–Crippen MR) is 70.7 cm³/mol. The Morgan fingerprint density at radius 2 is 2.05 bits per heavy atom. The highest BCUT2D eigenvalue weighted by molar-refractivity contribution is 6.35. The summed E-state index contributed by atoms with van der Waals surface area (Å²) in [5.41, 5.74) is -0.515. The van der Waals surface area contributed by atoms with E-state index in [0.717, 1.165) is 6.07 Å². The lowest BCUT2D eigenvalue weighted by Gasteiger charge is -2.24. The number of halogens is 3. The van der Waals surface area contributed by atoms with Crippen molar-refractivity contribution in [2.75, 3.05) is 0 Å². The minimum Gasteiger partial charge on any atom is -0.385 e. The van der Waals surface area contributed by atoms with Gasteiger partial charge in [0.1, 0.15) is 5.82 Å². The van der Waals surface area contributed by atoms with Crippen LogP contribution in [0.5, 0.6) is 0 Å². The van der Waals surface area contributed by atoms with Gasteiger partial charge in [-0.05, 0) is 19.1 Å². The maximum atomic E-state index is 13.5. The van der Waals surface area contributed by atoms with Crippen molar-refractivity contribution in [1.82, 2.24) is 15.0 Å². The van der Waals surface area contributed by atoms with Gasteiger partial charge in [-0.25, -0.2) is 4.39 Å². The van der Waals surface area contributed by atoms with Crippen LogP contribution < -0.4 is 0 Å². The van der Waals surface area contributed by atoms with Crippen LogP contribution in [0, 0.1) is 5.82 Å². The number of aliphatic hydroxyl groups is 1. The number of rotatable bonds is 3. The normalized spacial score (nSPS) is 14.4. The molecule has 0 radical (unpaired) electrons. The molecule has 19 heavy (non-hydrogen) atoms. The standard InChI is InChI=1S/C12H12Cl2FN3O/c1-12(19,5-7-6-18(2)17-16-7)8-3-11(15)10(14)4-9(8)13/h3-4,6,19H,5H2,1-2H3. The summed E-state index contributed by atoms with van der Waals surface area (Å²) in [5, 5.41) is 18.3. The first-order chi connectivity index (χ1) is 8.79. The van der Waals surface area contributed by atoms with Crippen LogP contribution >= 0.6 is 23.2 Å². The van der Waals surface area contributed by atoms with E-state index in [4.69, 9.17) is 23.2 Å². The third-order valence-corrected chi connectivity index (χ3v) is 3.37. The molecule has 7 heteroatoms. The minimum absolute atomic E-state index is 0.0796. The number of aromatic nitrogens is 3. The molecule has 0 aliphatic heterocycles. The van der Waals surface area contributed by atoms with Gasteiger partial charge in [0.05, 0.1) is 16.3 Å². The van der Waals surface area contributed by atoms with Gasteiger partial charge in [-0.2, -0.15) is 0 Å². The number of hydrogen-bond donors (Lipinski definition) is 1. The first kappa shape index (κ1) is 14.2. The van der Waals surface area contributed by atoms with Crippen LogP contribution in [0.15, 0.2) is 18.3 Å². The quantitative estimate of drug-likeness (QED) is 0.887. The summed E-state index contributed by atoms with van der Waals surface area (Å²) < 4.78 is 15.0. The van der Waals surface area contributed by atoms with Crippen LogP contribution in [0.3, 0.4) is 0 Å². The van der Waals surface area contributed by atoms with Crippen LogP contribution in [0.4, 0.5) is 4.39 Å². The number of hydrogen-bond acceptors (Lipinski definition) is 3. The number of benzene rings is 1. The van der Waals surface area contributed by atoms with Crippen molar-refractivity contribution in [3.63, 3.8) is 0 Å². The average molecular weight is 304 g/mol. The Kier molecular flexibility index (Phi) is 3.80. The SMILES string of the molecule is Cn1cc(CC(C)(O)c2cc(F)c(Cl)cc2Cl)nn1. The van der Waals surface area contributed by atoms with Crippen molar-refractivity contribution >= 4 is 23.2 Å². The second-order valence-corrected chi connectivity index (χ2v) is 5.39. The smallest absolute Gasteiger partial charge is 0.142 e. The zero-order chi connectivity index (χ0) is 14.2. The molecule has 1 heterocycles. The van der Waals surface area contributed by atoms with Crippen LogP contribution in [-0.2, 0) is 19.1 Å². The molecule has 0 saturated carbocycles. The molecule has 1 aromatic heterocycles. The molecule has 0 saturated heterocycles. The van der Waals surface area contributed by atoms with Crippen LogP contribution in [0.1, 0.15) is 18.2 Å². The van der Waals surface area contributed by atoms with E-state index in [2.05, 4.69) is 10.3 Å². The Balaban J connectivity index is 2.36. The second kappa shape index (κ2) is 5.07. The fraction of sp³-hybridized carbons (Fsp3) is 0.333. The molecule has 1 N–H and O–H groups in total. The van der Waals surface area contributed by atoms with Gasteiger partial charge in [-0.15, -0.1) is 5.10 Å². The molecule has 102 valence electrons. The van der Waals surface area contributed by atoms with Crippen molar-refractivity contribution in [2.45, 2.75) is 18.9 Å². The number of nitrogens with zero attached hydrogens (tertiary/aromatic N) is 3. The average Bonchev–Trinajstić information content (AvgIpc) is 2.68. The Bertz CT molecular complexity index is 613. The van der Waals surface area contributed by atoms with Crippen molar-refractivity contribution in [1.29, 1.82) is 0 Å². The Morgan fingerprint density at radius 3 is 2.63 bits per heavy atom. The van der Waals surface area contributed by atoms with E-state index >= 15 is 0 Å². The first-order valence-electron chi connectivity index (χ1n) is 5.52. The summed E-state index contributed by atoms with van der Waals surface area (Å²) in [6, 6.07) is 2.42. The van der Waals surface area contributed by atoms with Gasteiger partial charge in [-0.1, -0.05) is 28.4 Å². The molecule has 0 aliphatic carbocycles. The van der Waals surface area contributed by atoms with Crippen LogP contribution in [0.25, 0.3) is 0 Å². The highest BCUT2D eigenvalue weighted by Crippen LogP contribution is 2.33. The molecule has 0 amide bonds. The fourth-order valence-corrected chi connectivity index (χ4v) is 2.45. The highest BCUT2D eigenvalue weighted by atomic mass is 35.5. The van der Waals surface area contributed by atoms with Gasteiger partial charge in [0.25, 0.3) is 0 Å². The van der Waals surface area contributed by atoms with Crippen molar-refractivity contribution in [2.24, 2.45) is 7.05 Å². The van der Waals surface area contributed by atoms with Gasteiger partial charge in [0.2, 0.25) is 0 Å². The van der Waals surface area contributed by atoms with E-state index < -0.39 is 11.4 Å². The zero-order valence-electron chi connectivity index (χ0n) is 10.4. The van der Waals surface area contributed by atoms with E-state index in [0.29, 0.717) is 5.69 Å². The molecule has 0 fully saturated rings. The largest absolute Gasteiger partial charge is 0.385 e. The molecule has 2 rings (SSSR count). The van der Waals surface area contributed by atoms with Gasteiger partial charge >= 0.3 is 0 Å². The maximum Gasteiger partial charge on any atom is 0.142 e. The number of aryl methyl sites for hydroxylation is 1. The van der Waals surface area contributed by atoms with Gasteiger partial charge in [0.15, 0.2) is 0 Å². The third kappa shape index (κ3) is 3.05. The van der Waals surface area contributed by atoms with Crippen molar-refractivity contribution in [3.05, 3.63) is 45.4 Å². The lowest BCUT2D eigenvalue weighted by molar-refractivity contribution is 0.0563. The molecule has 1 unspecified atom stereocenters. The lowest BCUT2D eigenvalue weighted by atomic mass is 9.91. The molecule has 0 aliphatic rings. The van der Waals surface area contributed by atoms with E-state index in [1.807, 2.05) is 0 Å². The van der Waals surface area contributed by atoms with Crippen molar-refractivity contribution in [3.8, 4) is 0 Å². The zero-order valence-corrected chi connectivity index (χ0v) is 11.9. The first-order valence-corrected chi connectivity index (χ1v) is 6.28. The summed E-state index contributed by atoms with van der Waals surface area (Å²) in [6.45, 7) is 1.54. The van der Waals surface area contributed by atoms with Gasteiger partial charge in [0, 0.05) is 30.3 Å². The molecule has 1 atom stereocenters. The van der Waals surface area contributed by atoms with E-state index in [-0.39, 0.29) is 22.0 Å². The molecule has 1 aromatic carbocycles. The topological polar surface area (TPSA) is 50.9 Å². The molecular weight excluding hydrogens is 292 g/mol. The Morgan fingerprint density at radius 1 is 1.37 bits per heavy atom. The molecule has 2 aromatic rings. The minimum atomic E-state index is -1.36. The van der Waals surface area contributed by atoms with Gasteiger partial charge in [-0.3, -0.25) is 4.68 Å². The summed E-state index contributed by atoms with van der Waals surface area (Å²) >= 11 is 11.6. The summed E-state index contributed by atoms with van der Waals surface area (Å²) in [5.74, 6) is -0.625. The second-order valence-electron chi connectivity index (χ2n) is 4.58. The van der Waals surface area contributed by atoms with Crippen LogP contribution in [-0.4, -0.2) is 20.1 Å².